The highest BCUT2D eigenvalue weighted by Gasteiger charge is 2.28. The molecular weight excluding hydrogens is 352 g/mol. The first-order valence-corrected chi connectivity index (χ1v) is 9.61. The number of halogens is 1. The molecule has 2 atom stereocenters. The zero-order valence-corrected chi connectivity index (χ0v) is 18.7. The highest BCUT2D eigenvalue weighted by Crippen LogP contribution is 2.17. The Morgan fingerprint density at radius 3 is 2.04 bits per heavy atom. The molecule has 2 aliphatic rings. The lowest BCUT2D eigenvalue weighted by Crippen LogP contribution is -2.48. The molecule has 0 aliphatic carbocycles. The molecule has 0 radical (unpaired) electrons. The van der Waals surface area contributed by atoms with Crippen molar-refractivity contribution in [2.45, 2.75) is 64.1 Å². The topological polar surface area (TPSA) is 48.1 Å². The smallest absolute Gasteiger partial charge is 0.410 e. The molecule has 6 nitrogen and oxygen atoms in total. The molecule has 0 bridgehead atoms. The molecule has 0 aromatic rings. The van der Waals surface area contributed by atoms with Crippen LogP contribution in [0.3, 0.4) is 0 Å². The number of hydrogen-bond donors (Lipinski definition) is 1. The number of amides is 1. The molecule has 1 amide bonds. The molecule has 2 rings (SSSR count). The predicted octanol–water partition coefficient (Wildman–Crippen LogP) is 2.67. The van der Waals surface area contributed by atoms with Crippen molar-refractivity contribution in [3.05, 3.63) is 0 Å². The summed E-state index contributed by atoms with van der Waals surface area (Å²) in [6, 6.07) is 1.24. The summed E-state index contributed by atoms with van der Waals surface area (Å²) in [5.74, 6) is 0. The number of hydrogen-bond acceptors (Lipinski definition) is 5. The Morgan fingerprint density at radius 1 is 1.04 bits per heavy atom. The molecule has 2 saturated heterocycles. The van der Waals surface area contributed by atoms with Crippen molar-refractivity contribution in [1.82, 2.24) is 20.0 Å². The van der Waals surface area contributed by atoms with E-state index in [1.165, 1.54) is 25.9 Å². The average molecular weight is 393 g/mol. The van der Waals surface area contributed by atoms with Crippen LogP contribution in [-0.2, 0) is 4.74 Å². The van der Waals surface area contributed by atoms with Gasteiger partial charge < -0.3 is 24.8 Å². The fraction of sp³-hybridized carbons (Fsp3) is 0.947. The number of likely N-dealkylation sites (N-methyl/N-ethyl adjacent to an activating group) is 2. The van der Waals surface area contributed by atoms with Crippen molar-refractivity contribution in [3.8, 4) is 0 Å². The third kappa shape index (κ3) is 9.95. The summed E-state index contributed by atoms with van der Waals surface area (Å²) in [6.07, 6.45) is 4.73. The van der Waals surface area contributed by atoms with Crippen molar-refractivity contribution in [2.75, 3.05) is 54.4 Å². The van der Waals surface area contributed by atoms with Gasteiger partial charge in [0, 0.05) is 31.7 Å². The molecule has 2 fully saturated rings. The zero-order valence-electron chi connectivity index (χ0n) is 17.9. The van der Waals surface area contributed by atoms with Crippen LogP contribution in [0.15, 0.2) is 0 Å². The summed E-state index contributed by atoms with van der Waals surface area (Å²) < 4.78 is 5.37. The van der Waals surface area contributed by atoms with E-state index < -0.39 is 5.60 Å². The maximum Gasteiger partial charge on any atom is 0.410 e. The van der Waals surface area contributed by atoms with Crippen molar-refractivity contribution in [2.24, 2.45) is 0 Å². The number of nitrogens with one attached hydrogen (secondary N) is 1. The lowest BCUT2D eigenvalue weighted by atomic mass is 10.1. The van der Waals surface area contributed by atoms with Gasteiger partial charge in [0.15, 0.2) is 0 Å². The molecule has 26 heavy (non-hydrogen) atoms. The summed E-state index contributed by atoms with van der Waals surface area (Å²) in [5, 5.41) is 3.37. The molecular formula is C19H41ClN4O2. The van der Waals surface area contributed by atoms with Gasteiger partial charge in [-0.2, -0.15) is 0 Å². The molecule has 2 heterocycles. The lowest BCUT2D eigenvalue weighted by molar-refractivity contribution is 0.0141. The van der Waals surface area contributed by atoms with Gasteiger partial charge in [0.2, 0.25) is 0 Å². The van der Waals surface area contributed by atoms with E-state index in [4.69, 9.17) is 4.74 Å². The van der Waals surface area contributed by atoms with Crippen LogP contribution in [0, 0.1) is 0 Å². The molecule has 0 spiro atoms. The van der Waals surface area contributed by atoms with Gasteiger partial charge in [-0.3, -0.25) is 0 Å². The van der Waals surface area contributed by atoms with Crippen LogP contribution in [-0.4, -0.2) is 92.8 Å². The van der Waals surface area contributed by atoms with Gasteiger partial charge in [0.1, 0.15) is 5.60 Å². The van der Waals surface area contributed by atoms with Gasteiger partial charge in [-0.05, 0) is 81.2 Å². The molecule has 7 heteroatoms. The minimum Gasteiger partial charge on any atom is -0.444 e. The van der Waals surface area contributed by atoms with Gasteiger partial charge in [-0.1, -0.05) is 0 Å². The lowest BCUT2D eigenvalue weighted by Gasteiger charge is -2.36. The van der Waals surface area contributed by atoms with E-state index in [1.54, 1.807) is 0 Å². The van der Waals surface area contributed by atoms with E-state index in [-0.39, 0.29) is 18.5 Å². The van der Waals surface area contributed by atoms with Gasteiger partial charge in [-0.15, -0.1) is 12.4 Å². The molecule has 2 unspecified atom stereocenters. The molecule has 0 aromatic carbocycles. The van der Waals surface area contributed by atoms with Crippen LogP contribution >= 0.6 is 12.4 Å². The maximum absolute atomic E-state index is 11.9. The van der Waals surface area contributed by atoms with Crippen molar-refractivity contribution < 1.29 is 9.53 Å². The van der Waals surface area contributed by atoms with Gasteiger partial charge >= 0.3 is 6.09 Å². The van der Waals surface area contributed by atoms with E-state index in [0.29, 0.717) is 6.04 Å². The fourth-order valence-corrected chi connectivity index (χ4v) is 3.14. The first-order valence-electron chi connectivity index (χ1n) is 9.61. The number of likely N-dealkylation sites (tertiary alicyclic amines) is 1. The molecule has 2 aliphatic heterocycles. The quantitative estimate of drug-likeness (QED) is 0.782. The summed E-state index contributed by atoms with van der Waals surface area (Å²) in [6.45, 7) is 9.69. The molecule has 0 aromatic heterocycles. The Labute approximate surface area is 167 Å². The second-order valence-electron chi connectivity index (χ2n) is 8.65. The third-order valence-electron chi connectivity index (χ3n) is 4.78. The first-order chi connectivity index (χ1) is 11.6. The van der Waals surface area contributed by atoms with Crippen LogP contribution < -0.4 is 5.32 Å². The predicted molar refractivity (Wildman–Crippen MR) is 111 cm³/mol. The molecule has 1 N–H and O–H groups in total. The molecule has 0 saturated carbocycles. The van der Waals surface area contributed by atoms with E-state index in [1.807, 2.05) is 25.7 Å². The Bertz CT molecular complexity index is 393. The normalized spacial score (nSPS) is 23.8. The Balaban J connectivity index is 0.000000532. The third-order valence-corrected chi connectivity index (χ3v) is 4.78. The average Bonchev–Trinajstić information content (AvgIpc) is 2.55. The fourth-order valence-electron chi connectivity index (χ4n) is 3.14. The monoisotopic (exact) mass is 392 g/mol. The van der Waals surface area contributed by atoms with Crippen molar-refractivity contribution >= 4 is 18.5 Å². The Hall–Kier alpha value is -0.560. The summed E-state index contributed by atoms with van der Waals surface area (Å²) >= 11 is 0. The second kappa shape index (κ2) is 12.0. The van der Waals surface area contributed by atoms with E-state index in [9.17, 15) is 4.79 Å². The summed E-state index contributed by atoms with van der Waals surface area (Å²) in [5.41, 5.74) is -0.401. The Morgan fingerprint density at radius 2 is 1.62 bits per heavy atom. The summed E-state index contributed by atoms with van der Waals surface area (Å²) in [4.78, 5) is 18.2. The Kier molecular flexibility index (Phi) is 11.7. The van der Waals surface area contributed by atoms with Crippen molar-refractivity contribution in [1.29, 1.82) is 0 Å². The highest BCUT2D eigenvalue weighted by atomic mass is 35.5. The summed E-state index contributed by atoms with van der Waals surface area (Å²) in [7, 11) is 8.42. The maximum atomic E-state index is 11.9. The van der Waals surface area contributed by atoms with Crippen LogP contribution in [0.1, 0.15) is 46.5 Å². The number of nitrogens with zero attached hydrogens (tertiary/aromatic N) is 3. The van der Waals surface area contributed by atoms with E-state index in [2.05, 4.69) is 43.3 Å². The second-order valence-corrected chi connectivity index (χ2v) is 8.65. The number of ether oxygens (including phenoxy) is 1. The van der Waals surface area contributed by atoms with E-state index in [0.717, 1.165) is 32.0 Å². The minimum absolute atomic E-state index is 0. The standard InChI is InChI=1S/C12H24N2O2.C7H16N2.ClH/c1-12(2,3)16-11(15)14-8-6-7-10(9-14)13(4)5;1-9(2)7-4-3-5-8-6-7;/h10H,6-9H2,1-5H3;7-8H,3-6H2,1-2H3;1H. The number of carbonyl (C=O) groups is 1. The SMILES string of the molecule is CN(C)C1CCCN(C(=O)OC(C)(C)C)C1.CN(C)C1CCCNC1.Cl. The number of rotatable bonds is 2. The van der Waals surface area contributed by atoms with Crippen LogP contribution in [0.4, 0.5) is 4.79 Å². The minimum atomic E-state index is -0.401. The number of piperidine rings is 2. The van der Waals surface area contributed by atoms with Gasteiger partial charge in [-0.25, -0.2) is 4.79 Å². The number of carbonyl (C=O) groups excluding carboxylic acids is 1. The van der Waals surface area contributed by atoms with Gasteiger partial charge in [0.05, 0.1) is 0 Å². The van der Waals surface area contributed by atoms with Crippen LogP contribution in [0.2, 0.25) is 0 Å². The molecule has 156 valence electrons. The largest absolute Gasteiger partial charge is 0.444 e. The van der Waals surface area contributed by atoms with Crippen LogP contribution in [0.5, 0.6) is 0 Å². The van der Waals surface area contributed by atoms with Gasteiger partial charge in [0.25, 0.3) is 0 Å². The van der Waals surface area contributed by atoms with E-state index >= 15 is 0 Å². The van der Waals surface area contributed by atoms with Crippen LogP contribution in [0.25, 0.3) is 0 Å². The zero-order chi connectivity index (χ0) is 19.0. The highest BCUT2D eigenvalue weighted by molar-refractivity contribution is 5.85. The van der Waals surface area contributed by atoms with Crippen molar-refractivity contribution in [3.63, 3.8) is 0 Å². The first kappa shape index (κ1) is 25.4.